The van der Waals surface area contributed by atoms with Crippen LogP contribution in [0, 0.1) is 0 Å². The molecule has 146 valence electrons. The van der Waals surface area contributed by atoms with Crippen LogP contribution in [-0.2, 0) is 11.2 Å². The van der Waals surface area contributed by atoms with Crippen molar-refractivity contribution in [2.45, 2.75) is 26.2 Å². The van der Waals surface area contributed by atoms with Crippen molar-refractivity contribution in [1.82, 2.24) is 0 Å². The van der Waals surface area contributed by atoms with Crippen molar-refractivity contribution in [3.05, 3.63) is 62.2 Å². The van der Waals surface area contributed by atoms with Gasteiger partial charge in [0.25, 0.3) is 0 Å². The summed E-state index contributed by atoms with van der Waals surface area (Å²) in [4.78, 5) is 24.1. The molecule has 0 fully saturated rings. The molecule has 0 amide bonds. The van der Waals surface area contributed by atoms with Gasteiger partial charge < -0.3 is 14.3 Å². The number of aliphatic carboxylic acids is 1. The van der Waals surface area contributed by atoms with Crippen LogP contribution >= 0.6 is 31.9 Å². The number of carbonyl (C=O) groups excluding carboxylic acids is 1. The molecule has 0 aliphatic carbocycles. The molecule has 7 heteroatoms. The Morgan fingerprint density at radius 3 is 2.46 bits per heavy atom. The predicted octanol–water partition coefficient (Wildman–Crippen LogP) is 5.99. The van der Waals surface area contributed by atoms with Gasteiger partial charge in [-0.25, -0.2) is 4.79 Å². The van der Waals surface area contributed by atoms with Crippen molar-refractivity contribution in [3.63, 3.8) is 0 Å². The Balaban J connectivity index is 2.03. The Kier molecular flexibility index (Phi) is 6.57. The molecule has 0 unspecified atom stereocenters. The van der Waals surface area contributed by atoms with Crippen LogP contribution in [0.15, 0.2) is 49.8 Å². The SMILES string of the molecule is CCCCc1oc2ccccc2c1C(=O)c1cc(Br)c(OCC(=O)O)c(Br)c1. The number of para-hydroxylation sites is 1. The quantitative estimate of drug-likeness (QED) is 0.377. The highest BCUT2D eigenvalue weighted by Gasteiger charge is 2.23. The highest BCUT2D eigenvalue weighted by Crippen LogP contribution is 2.37. The van der Waals surface area contributed by atoms with Crippen LogP contribution in [0.3, 0.4) is 0 Å². The molecule has 0 aliphatic rings. The van der Waals surface area contributed by atoms with Gasteiger partial charge in [-0.15, -0.1) is 0 Å². The molecular weight excluding hydrogens is 492 g/mol. The van der Waals surface area contributed by atoms with E-state index in [9.17, 15) is 9.59 Å². The van der Waals surface area contributed by atoms with Crippen molar-refractivity contribution >= 4 is 54.6 Å². The molecular formula is C21H18Br2O5. The first-order valence-electron chi connectivity index (χ1n) is 8.81. The predicted molar refractivity (Wildman–Crippen MR) is 113 cm³/mol. The maximum Gasteiger partial charge on any atom is 0.341 e. The molecule has 1 N–H and O–H groups in total. The normalized spacial score (nSPS) is 11.0. The highest BCUT2D eigenvalue weighted by atomic mass is 79.9. The van der Waals surface area contributed by atoms with E-state index in [4.69, 9.17) is 14.3 Å². The minimum absolute atomic E-state index is 0.151. The van der Waals surface area contributed by atoms with Gasteiger partial charge in [-0.1, -0.05) is 31.5 Å². The van der Waals surface area contributed by atoms with Gasteiger partial charge in [0, 0.05) is 17.4 Å². The second kappa shape index (κ2) is 8.92. The molecule has 5 nitrogen and oxygen atoms in total. The number of carboxylic acid groups (broad SMARTS) is 1. The van der Waals surface area contributed by atoms with Gasteiger partial charge in [-0.2, -0.15) is 0 Å². The Morgan fingerprint density at radius 1 is 1.14 bits per heavy atom. The van der Waals surface area contributed by atoms with Gasteiger partial charge in [-0.3, -0.25) is 4.79 Å². The molecule has 2 aromatic carbocycles. The van der Waals surface area contributed by atoms with E-state index in [-0.39, 0.29) is 5.78 Å². The second-order valence-corrected chi connectivity index (χ2v) is 7.99. The fraction of sp³-hybridized carbons (Fsp3) is 0.238. The number of ketones is 1. The van der Waals surface area contributed by atoms with E-state index in [1.165, 1.54) is 0 Å². The van der Waals surface area contributed by atoms with Gasteiger partial charge in [-0.05, 0) is 56.5 Å². The number of fused-ring (bicyclic) bond motifs is 1. The van der Waals surface area contributed by atoms with Crippen LogP contribution in [0.2, 0.25) is 0 Å². The fourth-order valence-corrected chi connectivity index (χ4v) is 4.38. The Morgan fingerprint density at radius 2 is 1.82 bits per heavy atom. The number of carbonyl (C=O) groups is 2. The highest BCUT2D eigenvalue weighted by molar-refractivity contribution is 9.11. The van der Waals surface area contributed by atoms with Crippen molar-refractivity contribution in [3.8, 4) is 5.75 Å². The minimum Gasteiger partial charge on any atom is -0.480 e. The molecule has 0 atom stereocenters. The lowest BCUT2D eigenvalue weighted by Gasteiger charge is -2.11. The van der Waals surface area contributed by atoms with E-state index in [2.05, 4.69) is 38.8 Å². The molecule has 1 aromatic heterocycles. The summed E-state index contributed by atoms with van der Waals surface area (Å²) in [5, 5.41) is 9.60. The summed E-state index contributed by atoms with van der Waals surface area (Å²) in [5.41, 5.74) is 1.71. The first-order valence-corrected chi connectivity index (χ1v) is 10.4. The number of aryl methyl sites for hydroxylation is 1. The van der Waals surface area contributed by atoms with E-state index in [1.54, 1.807) is 12.1 Å². The largest absolute Gasteiger partial charge is 0.480 e. The van der Waals surface area contributed by atoms with Crippen molar-refractivity contribution in [1.29, 1.82) is 0 Å². The lowest BCUT2D eigenvalue weighted by molar-refractivity contribution is -0.139. The minimum atomic E-state index is -1.08. The van der Waals surface area contributed by atoms with Crippen molar-refractivity contribution < 1.29 is 23.8 Å². The topological polar surface area (TPSA) is 76.7 Å². The number of halogens is 2. The molecule has 28 heavy (non-hydrogen) atoms. The first-order chi connectivity index (χ1) is 13.4. The van der Waals surface area contributed by atoms with Crippen molar-refractivity contribution in [2.24, 2.45) is 0 Å². The number of hydrogen-bond donors (Lipinski definition) is 1. The van der Waals surface area contributed by atoms with Gasteiger partial charge in [0.15, 0.2) is 12.4 Å². The zero-order valence-corrected chi connectivity index (χ0v) is 18.3. The molecule has 0 radical (unpaired) electrons. The molecule has 3 aromatic rings. The average Bonchev–Trinajstić information content (AvgIpc) is 3.03. The summed E-state index contributed by atoms with van der Waals surface area (Å²) in [7, 11) is 0. The number of rotatable bonds is 8. The Hall–Kier alpha value is -2.12. The van der Waals surface area contributed by atoms with Crippen LogP contribution in [0.4, 0.5) is 0 Å². The smallest absolute Gasteiger partial charge is 0.341 e. The lowest BCUT2D eigenvalue weighted by Crippen LogP contribution is -2.11. The van der Waals surface area contributed by atoms with Crippen LogP contribution in [0.1, 0.15) is 41.4 Å². The number of benzene rings is 2. The lowest BCUT2D eigenvalue weighted by atomic mass is 9.98. The summed E-state index contributed by atoms with van der Waals surface area (Å²) < 4.78 is 12.2. The van der Waals surface area contributed by atoms with Crippen molar-refractivity contribution in [2.75, 3.05) is 6.61 Å². The molecule has 3 rings (SSSR count). The molecule has 0 aliphatic heterocycles. The third kappa shape index (κ3) is 4.31. The third-order valence-corrected chi connectivity index (χ3v) is 5.43. The molecule has 0 bridgehead atoms. The first kappa shape index (κ1) is 20.6. The van der Waals surface area contributed by atoms with E-state index < -0.39 is 12.6 Å². The van der Waals surface area contributed by atoms with E-state index >= 15 is 0 Å². The zero-order valence-electron chi connectivity index (χ0n) is 15.1. The van der Waals surface area contributed by atoms with Gasteiger partial charge in [0.2, 0.25) is 0 Å². The van der Waals surface area contributed by atoms with E-state index in [0.29, 0.717) is 43.6 Å². The number of hydrogen-bond acceptors (Lipinski definition) is 4. The van der Waals surface area contributed by atoms with Gasteiger partial charge in [0.05, 0.1) is 14.5 Å². The van der Waals surface area contributed by atoms with Gasteiger partial charge >= 0.3 is 5.97 Å². The second-order valence-electron chi connectivity index (χ2n) is 6.28. The third-order valence-electron chi connectivity index (χ3n) is 4.25. The summed E-state index contributed by atoms with van der Waals surface area (Å²) in [6.45, 7) is 1.62. The Labute approximate surface area is 178 Å². The zero-order chi connectivity index (χ0) is 20.3. The summed E-state index contributed by atoms with van der Waals surface area (Å²) >= 11 is 6.73. The number of unbranched alkanes of at least 4 members (excludes halogenated alkanes) is 1. The molecule has 0 spiro atoms. The summed E-state index contributed by atoms with van der Waals surface area (Å²) in [5.74, 6) is -0.208. The monoisotopic (exact) mass is 508 g/mol. The van der Waals surface area contributed by atoms with Crippen LogP contribution < -0.4 is 4.74 Å². The summed E-state index contributed by atoms with van der Waals surface area (Å²) in [6.07, 6.45) is 2.61. The fourth-order valence-electron chi connectivity index (χ4n) is 2.97. The van der Waals surface area contributed by atoms with Crippen LogP contribution in [0.5, 0.6) is 5.75 Å². The van der Waals surface area contributed by atoms with E-state index in [0.717, 1.165) is 18.2 Å². The number of furan rings is 1. The Bertz CT molecular complexity index is 1020. The molecule has 0 saturated carbocycles. The van der Waals surface area contributed by atoms with E-state index in [1.807, 2.05) is 24.3 Å². The summed E-state index contributed by atoms with van der Waals surface area (Å²) in [6, 6.07) is 10.8. The maximum atomic E-state index is 13.4. The van der Waals surface area contributed by atoms with Crippen LogP contribution in [0.25, 0.3) is 11.0 Å². The number of ether oxygens (including phenoxy) is 1. The number of carboxylic acids is 1. The standard InChI is InChI=1S/C21H18Br2O5/c1-2-3-7-17-19(13-6-4-5-8-16(13)28-17)20(26)12-9-14(22)21(15(23)10-12)27-11-18(24)25/h4-6,8-10H,2-3,7,11H2,1H3,(H,24,25). The molecule has 1 heterocycles. The van der Waals surface area contributed by atoms with Gasteiger partial charge in [0.1, 0.15) is 17.1 Å². The maximum absolute atomic E-state index is 13.4. The van der Waals surface area contributed by atoms with Crippen LogP contribution in [-0.4, -0.2) is 23.5 Å². The molecule has 0 saturated heterocycles. The average molecular weight is 510 g/mol.